The Balaban J connectivity index is 1.97. The Morgan fingerprint density at radius 3 is 2.71 bits per heavy atom. The first kappa shape index (κ1) is 10.3. The van der Waals surface area contributed by atoms with Crippen LogP contribution in [0.1, 0.15) is 33.0 Å². The van der Waals surface area contributed by atoms with Gasteiger partial charge in [0.2, 0.25) is 5.78 Å². The summed E-state index contributed by atoms with van der Waals surface area (Å²) >= 11 is 0. The fraction of sp³-hybridized carbons (Fsp3) is 0.214. The number of aryl methyl sites for hydroxylation is 1. The minimum Gasteiger partial charge on any atom is -0.458 e. The molecular formula is C14H12O3. The van der Waals surface area contributed by atoms with Gasteiger partial charge in [0.05, 0.1) is 13.2 Å². The quantitative estimate of drug-likeness (QED) is 0.742. The molecule has 1 aliphatic rings. The van der Waals surface area contributed by atoms with Gasteiger partial charge in [0.25, 0.3) is 0 Å². The summed E-state index contributed by atoms with van der Waals surface area (Å²) in [6, 6.07) is 9.17. The van der Waals surface area contributed by atoms with Gasteiger partial charge in [-0.15, -0.1) is 0 Å². The summed E-state index contributed by atoms with van der Waals surface area (Å²) in [7, 11) is 0. The summed E-state index contributed by atoms with van der Waals surface area (Å²) in [6.07, 6.45) is 0. The minimum atomic E-state index is -0.0761. The van der Waals surface area contributed by atoms with Crippen molar-refractivity contribution in [1.29, 1.82) is 0 Å². The van der Waals surface area contributed by atoms with E-state index < -0.39 is 0 Å². The van der Waals surface area contributed by atoms with Gasteiger partial charge in [0.1, 0.15) is 5.76 Å². The van der Waals surface area contributed by atoms with Crippen LogP contribution in [0.4, 0.5) is 0 Å². The molecule has 3 rings (SSSR count). The third-order valence-electron chi connectivity index (χ3n) is 2.95. The van der Waals surface area contributed by atoms with Crippen LogP contribution in [0, 0.1) is 6.92 Å². The van der Waals surface area contributed by atoms with Gasteiger partial charge < -0.3 is 9.15 Å². The molecule has 3 nitrogen and oxygen atoms in total. The van der Waals surface area contributed by atoms with Crippen LogP contribution in [0.25, 0.3) is 0 Å². The van der Waals surface area contributed by atoms with E-state index in [1.165, 1.54) is 0 Å². The summed E-state index contributed by atoms with van der Waals surface area (Å²) in [4.78, 5) is 12.1. The molecule has 2 heterocycles. The first-order valence-electron chi connectivity index (χ1n) is 5.55. The Morgan fingerprint density at radius 1 is 1.12 bits per heavy atom. The molecule has 3 heteroatoms. The summed E-state index contributed by atoms with van der Waals surface area (Å²) in [5.41, 5.74) is 2.92. The van der Waals surface area contributed by atoms with Gasteiger partial charge in [-0.1, -0.05) is 12.1 Å². The maximum atomic E-state index is 12.1. The van der Waals surface area contributed by atoms with Crippen LogP contribution < -0.4 is 0 Å². The minimum absolute atomic E-state index is 0.0761. The van der Waals surface area contributed by atoms with Crippen molar-refractivity contribution in [2.24, 2.45) is 0 Å². The number of benzene rings is 1. The standard InChI is InChI=1S/C14H12O3/c1-9-2-5-13(17-9)14(15)10-3-4-11-7-16-8-12(11)6-10/h2-6H,7-8H2,1H3. The third-order valence-corrected chi connectivity index (χ3v) is 2.95. The zero-order valence-corrected chi connectivity index (χ0v) is 9.53. The largest absolute Gasteiger partial charge is 0.458 e. The molecule has 0 radical (unpaired) electrons. The van der Waals surface area contributed by atoms with Crippen LogP contribution >= 0.6 is 0 Å². The summed E-state index contributed by atoms with van der Waals surface area (Å²) in [5.74, 6) is 1.06. The predicted octanol–water partition coefficient (Wildman–Crippen LogP) is 2.85. The van der Waals surface area contributed by atoms with Crippen LogP contribution in [-0.2, 0) is 18.0 Å². The highest BCUT2D eigenvalue weighted by molar-refractivity contribution is 6.07. The molecule has 0 saturated heterocycles. The number of carbonyl (C=O) groups excluding carboxylic acids is 1. The molecule has 0 N–H and O–H groups in total. The van der Waals surface area contributed by atoms with Gasteiger partial charge in [-0.05, 0) is 36.2 Å². The smallest absolute Gasteiger partial charge is 0.228 e. The van der Waals surface area contributed by atoms with E-state index in [2.05, 4.69) is 0 Å². The van der Waals surface area contributed by atoms with E-state index in [1.807, 2.05) is 25.1 Å². The van der Waals surface area contributed by atoms with Gasteiger partial charge in [-0.25, -0.2) is 0 Å². The average molecular weight is 228 g/mol. The second kappa shape index (κ2) is 3.86. The fourth-order valence-corrected chi connectivity index (χ4v) is 2.01. The van der Waals surface area contributed by atoms with E-state index >= 15 is 0 Å². The number of ketones is 1. The van der Waals surface area contributed by atoms with Crippen LogP contribution in [0.5, 0.6) is 0 Å². The molecule has 1 aliphatic heterocycles. The highest BCUT2D eigenvalue weighted by Gasteiger charge is 2.17. The molecule has 86 valence electrons. The molecule has 0 saturated carbocycles. The van der Waals surface area contributed by atoms with Gasteiger partial charge in [-0.2, -0.15) is 0 Å². The molecule has 1 aromatic carbocycles. The number of carbonyl (C=O) groups is 1. The Labute approximate surface area is 99.0 Å². The monoisotopic (exact) mass is 228 g/mol. The lowest BCUT2D eigenvalue weighted by Crippen LogP contribution is -2.00. The van der Waals surface area contributed by atoms with Crippen molar-refractivity contribution in [3.8, 4) is 0 Å². The van der Waals surface area contributed by atoms with E-state index in [-0.39, 0.29) is 5.78 Å². The van der Waals surface area contributed by atoms with E-state index in [4.69, 9.17) is 9.15 Å². The lowest BCUT2D eigenvalue weighted by Gasteiger charge is -2.01. The van der Waals surface area contributed by atoms with E-state index in [0.29, 0.717) is 24.5 Å². The molecule has 0 amide bonds. The number of rotatable bonds is 2. The molecule has 17 heavy (non-hydrogen) atoms. The van der Waals surface area contributed by atoms with Gasteiger partial charge in [0, 0.05) is 5.56 Å². The zero-order chi connectivity index (χ0) is 11.8. The van der Waals surface area contributed by atoms with Gasteiger partial charge in [-0.3, -0.25) is 4.79 Å². The number of hydrogen-bond acceptors (Lipinski definition) is 3. The van der Waals surface area contributed by atoms with E-state index in [9.17, 15) is 4.79 Å². The Hall–Kier alpha value is -1.87. The van der Waals surface area contributed by atoms with Gasteiger partial charge in [0.15, 0.2) is 5.76 Å². The molecule has 0 unspecified atom stereocenters. The maximum absolute atomic E-state index is 12.1. The molecule has 0 spiro atoms. The Kier molecular flexibility index (Phi) is 2.34. The molecule has 0 bridgehead atoms. The van der Waals surface area contributed by atoms with Gasteiger partial charge >= 0.3 is 0 Å². The van der Waals surface area contributed by atoms with Crippen molar-refractivity contribution < 1.29 is 13.9 Å². The van der Waals surface area contributed by atoms with Crippen LogP contribution in [-0.4, -0.2) is 5.78 Å². The zero-order valence-electron chi connectivity index (χ0n) is 9.53. The molecular weight excluding hydrogens is 216 g/mol. The van der Waals surface area contributed by atoms with Crippen molar-refractivity contribution in [3.05, 3.63) is 58.5 Å². The summed E-state index contributed by atoms with van der Waals surface area (Å²) in [6.45, 7) is 3.06. The second-order valence-corrected chi connectivity index (χ2v) is 4.22. The number of ether oxygens (including phenoxy) is 1. The highest BCUT2D eigenvalue weighted by Crippen LogP contribution is 2.22. The van der Waals surface area contributed by atoms with E-state index in [1.54, 1.807) is 12.1 Å². The van der Waals surface area contributed by atoms with Crippen LogP contribution in [0.2, 0.25) is 0 Å². The number of furan rings is 1. The first-order valence-corrected chi connectivity index (χ1v) is 5.55. The maximum Gasteiger partial charge on any atom is 0.228 e. The van der Waals surface area contributed by atoms with Crippen molar-refractivity contribution in [2.45, 2.75) is 20.1 Å². The van der Waals surface area contributed by atoms with Crippen LogP contribution in [0.3, 0.4) is 0 Å². The van der Waals surface area contributed by atoms with Crippen molar-refractivity contribution in [1.82, 2.24) is 0 Å². The average Bonchev–Trinajstić information content (AvgIpc) is 2.95. The van der Waals surface area contributed by atoms with Crippen LogP contribution in [0.15, 0.2) is 34.7 Å². The molecule has 1 aromatic heterocycles. The normalized spacial score (nSPS) is 13.7. The predicted molar refractivity (Wildman–Crippen MR) is 61.8 cm³/mol. The first-order chi connectivity index (χ1) is 8.24. The third kappa shape index (κ3) is 1.78. The fourth-order valence-electron chi connectivity index (χ4n) is 2.01. The second-order valence-electron chi connectivity index (χ2n) is 4.22. The number of hydrogen-bond donors (Lipinski definition) is 0. The lowest BCUT2D eigenvalue weighted by atomic mass is 10.0. The van der Waals surface area contributed by atoms with Crippen molar-refractivity contribution >= 4 is 5.78 Å². The molecule has 0 fully saturated rings. The topological polar surface area (TPSA) is 39.4 Å². The van der Waals surface area contributed by atoms with Crippen molar-refractivity contribution in [2.75, 3.05) is 0 Å². The lowest BCUT2D eigenvalue weighted by molar-refractivity contribution is 0.101. The summed E-state index contributed by atoms with van der Waals surface area (Å²) < 4.78 is 10.7. The molecule has 2 aromatic rings. The summed E-state index contributed by atoms with van der Waals surface area (Å²) in [5, 5.41) is 0. The molecule has 0 aliphatic carbocycles. The highest BCUT2D eigenvalue weighted by atomic mass is 16.5. The number of fused-ring (bicyclic) bond motifs is 1. The molecule has 0 atom stereocenters. The Bertz CT molecular complexity index is 581. The van der Waals surface area contributed by atoms with E-state index in [0.717, 1.165) is 16.9 Å². The Morgan fingerprint density at radius 2 is 1.94 bits per heavy atom. The SMILES string of the molecule is Cc1ccc(C(=O)c2ccc3c(c2)COC3)o1. The van der Waals surface area contributed by atoms with Crippen molar-refractivity contribution in [3.63, 3.8) is 0 Å².